The Bertz CT molecular complexity index is 1040. The average molecular weight is 508 g/mol. The normalized spacial score (nSPS) is 17.7. The van der Waals surface area contributed by atoms with E-state index in [4.69, 9.17) is 10.5 Å². The SMILES string of the molecule is CCC[C@H](C(=O)N[C@H]1CCCCN(Cc2cccc(Oc3ccccc3)c2)C1=O)[C@@H](CC(C)C)C(N)=O. The fourth-order valence-electron chi connectivity index (χ4n) is 5.04. The largest absolute Gasteiger partial charge is 0.457 e. The molecule has 1 saturated heterocycles. The van der Waals surface area contributed by atoms with Crippen LogP contribution in [0.25, 0.3) is 0 Å². The first-order valence-electron chi connectivity index (χ1n) is 13.5. The molecule has 1 aliphatic rings. The van der Waals surface area contributed by atoms with Gasteiger partial charge in [0.2, 0.25) is 17.7 Å². The molecule has 1 fully saturated rings. The van der Waals surface area contributed by atoms with E-state index < -0.39 is 23.8 Å². The number of primary amides is 1. The second-order valence-corrected chi connectivity index (χ2v) is 10.4. The van der Waals surface area contributed by atoms with Crippen LogP contribution in [-0.4, -0.2) is 35.2 Å². The zero-order valence-electron chi connectivity index (χ0n) is 22.3. The lowest BCUT2D eigenvalue weighted by molar-refractivity contribution is -0.139. The Morgan fingerprint density at radius 3 is 2.46 bits per heavy atom. The third-order valence-electron chi connectivity index (χ3n) is 6.86. The van der Waals surface area contributed by atoms with E-state index in [-0.39, 0.29) is 17.7 Å². The molecule has 7 heteroatoms. The van der Waals surface area contributed by atoms with Crippen molar-refractivity contribution < 1.29 is 19.1 Å². The van der Waals surface area contributed by atoms with Gasteiger partial charge in [-0.25, -0.2) is 0 Å². The van der Waals surface area contributed by atoms with Crippen LogP contribution in [-0.2, 0) is 20.9 Å². The van der Waals surface area contributed by atoms with Gasteiger partial charge in [0.05, 0.1) is 0 Å². The summed E-state index contributed by atoms with van der Waals surface area (Å²) in [4.78, 5) is 40.9. The molecule has 2 aromatic rings. The maximum atomic E-state index is 13.5. The lowest BCUT2D eigenvalue weighted by Crippen LogP contribution is -2.50. The molecule has 0 aliphatic carbocycles. The second-order valence-electron chi connectivity index (χ2n) is 10.4. The van der Waals surface area contributed by atoms with E-state index in [1.807, 2.05) is 80.3 Å². The molecule has 37 heavy (non-hydrogen) atoms. The van der Waals surface area contributed by atoms with Crippen LogP contribution in [0.4, 0.5) is 0 Å². The molecule has 7 nitrogen and oxygen atoms in total. The number of benzene rings is 2. The highest BCUT2D eigenvalue weighted by molar-refractivity contribution is 5.91. The number of amides is 3. The highest BCUT2D eigenvalue weighted by atomic mass is 16.5. The second kappa shape index (κ2) is 13.8. The first-order chi connectivity index (χ1) is 17.8. The number of nitrogens with one attached hydrogen (secondary N) is 1. The lowest BCUT2D eigenvalue weighted by atomic mass is 9.81. The van der Waals surface area contributed by atoms with E-state index in [0.29, 0.717) is 38.1 Å². The highest BCUT2D eigenvalue weighted by Gasteiger charge is 2.35. The number of rotatable bonds is 12. The molecule has 1 aliphatic heterocycles. The van der Waals surface area contributed by atoms with Crippen LogP contribution in [0.15, 0.2) is 54.6 Å². The van der Waals surface area contributed by atoms with Gasteiger partial charge in [-0.1, -0.05) is 57.5 Å². The molecule has 0 aromatic heterocycles. The third kappa shape index (κ3) is 8.34. The van der Waals surface area contributed by atoms with Gasteiger partial charge in [-0.3, -0.25) is 14.4 Å². The maximum Gasteiger partial charge on any atom is 0.245 e. The van der Waals surface area contributed by atoms with E-state index in [0.717, 1.165) is 30.6 Å². The van der Waals surface area contributed by atoms with Crippen molar-refractivity contribution in [1.82, 2.24) is 10.2 Å². The van der Waals surface area contributed by atoms with Gasteiger partial charge in [0, 0.05) is 24.9 Å². The molecular formula is C30H41N3O4. The molecule has 2 aromatic carbocycles. The molecule has 0 spiro atoms. The van der Waals surface area contributed by atoms with E-state index in [1.165, 1.54) is 0 Å². The number of hydrogen-bond donors (Lipinski definition) is 2. The van der Waals surface area contributed by atoms with Crippen molar-refractivity contribution in [2.75, 3.05) is 6.54 Å². The van der Waals surface area contributed by atoms with Crippen LogP contribution in [0, 0.1) is 17.8 Å². The quantitative estimate of drug-likeness (QED) is 0.420. The zero-order chi connectivity index (χ0) is 26.8. The Morgan fingerprint density at radius 1 is 1.05 bits per heavy atom. The Kier molecular flexibility index (Phi) is 10.5. The van der Waals surface area contributed by atoms with Crippen LogP contribution in [0.5, 0.6) is 11.5 Å². The Hall–Kier alpha value is -3.35. The number of likely N-dealkylation sites (tertiary alicyclic amines) is 1. The third-order valence-corrected chi connectivity index (χ3v) is 6.86. The first-order valence-corrected chi connectivity index (χ1v) is 13.5. The summed E-state index contributed by atoms with van der Waals surface area (Å²) in [6.45, 7) is 7.09. The lowest BCUT2D eigenvalue weighted by Gasteiger charge is -2.29. The molecule has 0 saturated carbocycles. The van der Waals surface area contributed by atoms with Crippen LogP contribution in [0.3, 0.4) is 0 Å². The van der Waals surface area contributed by atoms with Crippen molar-refractivity contribution in [1.29, 1.82) is 0 Å². The van der Waals surface area contributed by atoms with Crippen LogP contribution in [0.2, 0.25) is 0 Å². The molecule has 0 bridgehead atoms. The monoisotopic (exact) mass is 507 g/mol. The molecule has 0 radical (unpaired) electrons. The fraction of sp³-hybridized carbons (Fsp3) is 0.500. The van der Waals surface area contributed by atoms with Crippen molar-refractivity contribution in [2.45, 2.75) is 71.9 Å². The van der Waals surface area contributed by atoms with Gasteiger partial charge >= 0.3 is 0 Å². The number of hydrogen-bond acceptors (Lipinski definition) is 4. The van der Waals surface area contributed by atoms with E-state index in [1.54, 1.807) is 0 Å². The summed E-state index contributed by atoms with van der Waals surface area (Å²) in [7, 11) is 0. The number of carbonyl (C=O) groups excluding carboxylic acids is 3. The predicted octanol–water partition coefficient (Wildman–Crippen LogP) is 5.04. The highest BCUT2D eigenvalue weighted by Crippen LogP contribution is 2.27. The molecular weight excluding hydrogens is 466 g/mol. The van der Waals surface area contributed by atoms with Gasteiger partial charge < -0.3 is 20.7 Å². The van der Waals surface area contributed by atoms with Crippen molar-refractivity contribution >= 4 is 17.7 Å². The molecule has 3 N–H and O–H groups in total. The molecule has 3 rings (SSSR count). The van der Waals surface area contributed by atoms with Gasteiger partial charge in [0.25, 0.3) is 0 Å². The zero-order valence-corrected chi connectivity index (χ0v) is 22.3. The van der Waals surface area contributed by atoms with Crippen LogP contribution < -0.4 is 15.8 Å². The van der Waals surface area contributed by atoms with E-state index in [2.05, 4.69) is 5.32 Å². The van der Waals surface area contributed by atoms with E-state index in [9.17, 15) is 14.4 Å². The molecule has 3 atom stereocenters. The van der Waals surface area contributed by atoms with Crippen molar-refractivity contribution in [3.8, 4) is 11.5 Å². The van der Waals surface area contributed by atoms with Gasteiger partial charge in [-0.2, -0.15) is 0 Å². The van der Waals surface area contributed by atoms with Gasteiger partial charge in [-0.05, 0) is 67.9 Å². The minimum atomic E-state index is -0.606. The number of para-hydroxylation sites is 1. The maximum absolute atomic E-state index is 13.5. The number of nitrogens with two attached hydrogens (primary N) is 1. The van der Waals surface area contributed by atoms with Crippen molar-refractivity contribution in [2.24, 2.45) is 23.5 Å². The van der Waals surface area contributed by atoms with Crippen LogP contribution in [0.1, 0.15) is 64.9 Å². The van der Waals surface area contributed by atoms with Gasteiger partial charge in [0.15, 0.2) is 0 Å². The first kappa shape index (κ1) is 28.2. The summed E-state index contributed by atoms with van der Waals surface area (Å²) in [6, 6.07) is 16.7. The van der Waals surface area contributed by atoms with Crippen LogP contribution >= 0.6 is 0 Å². The van der Waals surface area contributed by atoms with E-state index >= 15 is 0 Å². The number of nitrogens with zero attached hydrogens (tertiary/aromatic N) is 1. The summed E-state index contributed by atoms with van der Waals surface area (Å²) in [5.74, 6) is -0.150. The van der Waals surface area contributed by atoms with Gasteiger partial charge in [0.1, 0.15) is 17.5 Å². The molecule has 0 unspecified atom stereocenters. The average Bonchev–Trinajstić information content (AvgIpc) is 3.03. The molecule has 200 valence electrons. The number of carbonyl (C=O) groups is 3. The fourth-order valence-corrected chi connectivity index (χ4v) is 5.04. The Labute approximate surface area is 220 Å². The minimum absolute atomic E-state index is 0.0880. The number of ether oxygens (including phenoxy) is 1. The smallest absolute Gasteiger partial charge is 0.245 e. The Morgan fingerprint density at radius 2 is 1.78 bits per heavy atom. The summed E-state index contributed by atoms with van der Waals surface area (Å²) in [5.41, 5.74) is 6.67. The summed E-state index contributed by atoms with van der Waals surface area (Å²) < 4.78 is 5.95. The Balaban J connectivity index is 1.70. The summed E-state index contributed by atoms with van der Waals surface area (Å²) >= 11 is 0. The molecule has 1 heterocycles. The summed E-state index contributed by atoms with van der Waals surface area (Å²) in [5, 5.41) is 3.00. The predicted molar refractivity (Wildman–Crippen MR) is 145 cm³/mol. The topological polar surface area (TPSA) is 102 Å². The van der Waals surface area contributed by atoms with Crippen molar-refractivity contribution in [3.05, 3.63) is 60.2 Å². The van der Waals surface area contributed by atoms with Crippen molar-refractivity contribution in [3.63, 3.8) is 0 Å². The minimum Gasteiger partial charge on any atom is -0.457 e. The standard InChI is InChI=1S/C30H41N3O4/c1-4-11-25(26(28(31)34)18-21(2)3)29(35)32-27-16-8-9-17-33(30(27)36)20-22-12-10-15-24(19-22)37-23-13-6-5-7-14-23/h5-7,10,12-15,19,21,25-27H,4,8-9,11,16-18,20H2,1-3H3,(H2,31,34)(H,32,35)/t25-,26+,27-/m0/s1. The summed E-state index contributed by atoms with van der Waals surface area (Å²) in [6.07, 6.45) is 4.17. The van der Waals surface area contributed by atoms with Gasteiger partial charge in [-0.15, -0.1) is 0 Å². The molecule has 3 amide bonds.